The maximum atomic E-state index is 10.3. The number of aldehydes is 1. The Balaban J connectivity index is 3.90. The molecule has 0 fully saturated rings. The maximum absolute atomic E-state index is 10.3. The highest BCUT2D eigenvalue weighted by Crippen LogP contribution is 2.21. The van der Waals surface area contributed by atoms with Gasteiger partial charge in [0.25, 0.3) is 0 Å². The Labute approximate surface area is 113 Å². The third kappa shape index (κ3) is 9.21. The van der Waals surface area contributed by atoms with Crippen molar-refractivity contribution in [1.29, 1.82) is 0 Å². The third-order valence-corrected chi connectivity index (χ3v) is 3.57. The number of carbonyl (C=O) groups excluding carboxylic acids is 1. The first-order valence-corrected chi connectivity index (χ1v) is 7.28. The van der Waals surface area contributed by atoms with E-state index in [0.717, 1.165) is 30.1 Å². The summed E-state index contributed by atoms with van der Waals surface area (Å²) in [5, 5.41) is 0. The molecule has 0 aliphatic carbocycles. The molecule has 2 atom stereocenters. The first-order chi connectivity index (χ1) is 8.49. The molecule has 0 saturated carbocycles. The van der Waals surface area contributed by atoms with E-state index in [1.807, 2.05) is 6.92 Å². The minimum Gasteiger partial charge on any atom is -0.299 e. The molecule has 0 spiro atoms. The molecule has 0 saturated heterocycles. The van der Waals surface area contributed by atoms with Crippen molar-refractivity contribution in [3.63, 3.8) is 0 Å². The van der Waals surface area contributed by atoms with Crippen LogP contribution in [0.1, 0.15) is 66.7 Å². The van der Waals surface area contributed by atoms with Crippen LogP contribution < -0.4 is 0 Å². The molecule has 0 heterocycles. The third-order valence-electron chi connectivity index (χ3n) is 3.57. The predicted octanol–water partition coefficient (Wildman–Crippen LogP) is 5.32. The van der Waals surface area contributed by atoms with Crippen LogP contribution in [0.15, 0.2) is 23.3 Å². The van der Waals surface area contributed by atoms with Gasteiger partial charge < -0.3 is 0 Å². The average Bonchev–Trinajstić information content (AvgIpc) is 2.28. The van der Waals surface area contributed by atoms with Crippen LogP contribution in [-0.2, 0) is 4.79 Å². The van der Waals surface area contributed by atoms with Gasteiger partial charge in [0.05, 0.1) is 0 Å². The van der Waals surface area contributed by atoms with Gasteiger partial charge in [0.1, 0.15) is 6.29 Å². The Morgan fingerprint density at radius 3 is 2.39 bits per heavy atom. The number of rotatable bonds is 9. The normalized spacial score (nSPS) is 16.5. The van der Waals surface area contributed by atoms with Crippen molar-refractivity contribution in [1.82, 2.24) is 0 Å². The minimum atomic E-state index is 0.833. The largest absolute Gasteiger partial charge is 0.299 e. The molecular weight excluding hydrogens is 220 g/mol. The molecule has 104 valence electrons. The Kier molecular flexibility index (Phi) is 9.63. The van der Waals surface area contributed by atoms with Crippen molar-refractivity contribution >= 4 is 6.29 Å². The average molecular weight is 250 g/mol. The SMILES string of the molecule is CCC(C)CC(C)CCC/C(C)=C/C(C)=C/C=O. The maximum Gasteiger partial charge on any atom is 0.143 e. The van der Waals surface area contributed by atoms with Gasteiger partial charge in [-0.3, -0.25) is 4.79 Å². The molecule has 0 N–H and O–H groups in total. The molecule has 0 aromatic carbocycles. The van der Waals surface area contributed by atoms with Crippen LogP contribution in [0.4, 0.5) is 0 Å². The quantitative estimate of drug-likeness (QED) is 0.307. The summed E-state index contributed by atoms with van der Waals surface area (Å²) in [5.41, 5.74) is 2.43. The number of hydrogen-bond donors (Lipinski definition) is 0. The zero-order valence-electron chi connectivity index (χ0n) is 12.8. The summed E-state index contributed by atoms with van der Waals surface area (Å²) in [6.45, 7) is 11.1. The number of allylic oxidation sites excluding steroid dienone is 4. The molecule has 0 aliphatic rings. The Morgan fingerprint density at radius 1 is 1.17 bits per heavy atom. The lowest BCUT2D eigenvalue weighted by Crippen LogP contribution is -2.02. The number of carbonyl (C=O) groups is 1. The van der Waals surface area contributed by atoms with Crippen LogP contribution >= 0.6 is 0 Å². The van der Waals surface area contributed by atoms with Crippen molar-refractivity contribution in [2.75, 3.05) is 0 Å². The van der Waals surface area contributed by atoms with E-state index < -0.39 is 0 Å². The molecule has 0 radical (unpaired) electrons. The minimum absolute atomic E-state index is 0.833. The van der Waals surface area contributed by atoms with E-state index in [4.69, 9.17) is 0 Å². The molecule has 0 aromatic heterocycles. The molecular formula is C17H30O. The highest BCUT2D eigenvalue weighted by atomic mass is 16.1. The zero-order chi connectivity index (χ0) is 14.0. The second-order valence-electron chi connectivity index (χ2n) is 5.78. The lowest BCUT2D eigenvalue weighted by atomic mass is 9.91. The van der Waals surface area contributed by atoms with Gasteiger partial charge in [-0.25, -0.2) is 0 Å². The van der Waals surface area contributed by atoms with Gasteiger partial charge in [-0.05, 0) is 56.6 Å². The van der Waals surface area contributed by atoms with Crippen molar-refractivity contribution in [3.8, 4) is 0 Å². The first-order valence-electron chi connectivity index (χ1n) is 7.28. The summed E-state index contributed by atoms with van der Waals surface area (Å²) in [6.07, 6.45) is 11.0. The topological polar surface area (TPSA) is 17.1 Å². The summed E-state index contributed by atoms with van der Waals surface area (Å²) in [5.74, 6) is 1.69. The van der Waals surface area contributed by atoms with Crippen molar-refractivity contribution in [2.24, 2.45) is 11.8 Å². The fourth-order valence-corrected chi connectivity index (χ4v) is 2.32. The highest BCUT2D eigenvalue weighted by molar-refractivity contribution is 5.67. The summed E-state index contributed by atoms with van der Waals surface area (Å²) in [4.78, 5) is 10.3. The van der Waals surface area contributed by atoms with Gasteiger partial charge >= 0.3 is 0 Å². The van der Waals surface area contributed by atoms with Gasteiger partial charge in [-0.15, -0.1) is 0 Å². The smallest absolute Gasteiger partial charge is 0.143 e. The molecule has 2 unspecified atom stereocenters. The lowest BCUT2D eigenvalue weighted by molar-refractivity contribution is -0.104. The van der Waals surface area contributed by atoms with Gasteiger partial charge in [0.15, 0.2) is 0 Å². The van der Waals surface area contributed by atoms with E-state index in [9.17, 15) is 4.79 Å². The Hall–Kier alpha value is -0.850. The highest BCUT2D eigenvalue weighted by Gasteiger charge is 2.06. The second kappa shape index (κ2) is 10.1. The number of hydrogen-bond acceptors (Lipinski definition) is 1. The van der Waals surface area contributed by atoms with E-state index >= 15 is 0 Å². The molecule has 0 bridgehead atoms. The van der Waals surface area contributed by atoms with E-state index in [0.29, 0.717) is 0 Å². The van der Waals surface area contributed by atoms with E-state index in [-0.39, 0.29) is 0 Å². The van der Waals surface area contributed by atoms with Crippen LogP contribution in [0.5, 0.6) is 0 Å². The molecule has 0 amide bonds. The van der Waals surface area contributed by atoms with E-state index in [1.165, 1.54) is 31.3 Å². The molecule has 0 aliphatic heterocycles. The van der Waals surface area contributed by atoms with Gasteiger partial charge in [-0.2, -0.15) is 0 Å². The van der Waals surface area contributed by atoms with Crippen LogP contribution in [0.25, 0.3) is 0 Å². The van der Waals surface area contributed by atoms with Gasteiger partial charge in [0.2, 0.25) is 0 Å². The van der Waals surface area contributed by atoms with E-state index in [2.05, 4.69) is 33.8 Å². The summed E-state index contributed by atoms with van der Waals surface area (Å²) in [7, 11) is 0. The molecule has 0 rings (SSSR count). The van der Waals surface area contributed by atoms with Crippen LogP contribution in [0, 0.1) is 11.8 Å². The Bertz CT molecular complexity index is 286. The fraction of sp³-hybridized carbons (Fsp3) is 0.706. The van der Waals surface area contributed by atoms with Crippen LogP contribution in [-0.4, -0.2) is 6.29 Å². The van der Waals surface area contributed by atoms with Crippen molar-refractivity contribution < 1.29 is 4.79 Å². The molecule has 1 nitrogen and oxygen atoms in total. The standard InChI is InChI=1S/C17H30O/c1-6-14(2)12-15(3)8-7-9-16(4)13-17(5)10-11-18/h10-11,13-15H,6-9,12H2,1-5H3/b16-13+,17-10+. The first kappa shape index (κ1) is 17.2. The van der Waals surface area contributed by atoms with Crippen molar-refractivity contribution in [2.45, 2.75) is 66.7 Å². The molecule has 0 aromatic rings. The second-order valence-corrected chi connectivity index (χ2v) is 5.78. The lowest BCUT2D eigenvalue weighted by Gasteiger charge is -2.15. The van der Waals surface area contributed by atoms with Gasteiger partial charge in [-0.1, -0.05) is 45.3 Å². The Morgan fingerprint density at radius 2 is 1.83 bits per heavy atom. The van der Waals surface area contributed by atoms with Crippen LogP contribution in [0.3, 0.4) is 0 Å². The van der Waals surface area contributed by atoms with E-state index in [1.54, 1.807) is 6.08 Å². The monoisotopic (exact) mass is 250 g/mol. The molecule has 1 heteroatoms. The fourth-order valence-electron chi connectivity index (χ4n) is 2.32. The van der Waals surface area contributed by atoms with Crippen LogP contribution in [0.2, 0.25) is 0 Å². The van der Waals surface area contributed by atoms with Gasteiger partial charge in [0, 0.05) is 0 Å². The summed E-state index contributed by atoms with van der Waals surface area (Å²) >= 11 is 0. The predicted molar refractivity (Wildman–Crippen MR) is 80.7 cm³/mol. The van der Waals surface area contributed by atoms with Crippen molar-refractivity contribution in [3.05, 3.63) is 23.3 Å². The zero-order valence-corrected chi connectivity index (χ0v) is 12.8. The molecule has 18 heavy (non-hydrogen) atoms. The summed E-state index contributed by atoms with van der Waals surface area (Å²) in [6, 6.07) is 0. The summed E-state index contributed by atoms with van der Waals surface area (Å²) < 4.78 is 0.